The molecule has 0 aromatic rings. The van der Waals surface area contributed by atoms with Gasteiger partial charge < -0.3 is 10.6 Å². The summed E-state index contributed by atoms with van der Waals surface area (Å²) in [4.78, 5) is 21.4. The van der Waals surface area contributed by atoms with Crippen LogP contribution < -0.4 is 10.6 Å². The molecular weight excluding hydrogens is 168 g/mol. The summed E-state index contributed by atoms with van der Waals surface area (Å²) < 4.78 is 0. The van der Waals surface area contributed by atoms with Crippen molar-refractivity contribution in [2.45, 2.75) is 19.3 Å². The lowest BCUT2D eigenvalue weighted by atomic mass is 10.2. The molecule has 0 rings (SSSR count). The lowest BCUT2D eigenvalue weighted by molar-refractivity contribution is -0.120. The van der Waals surface area contributed by atoms with E-state index in [1.807, 2.05) is 0 Å². The topological polar surface area (TPSA) is 58.2 Å². The molecule has 0 spiro atoms. The summed E-state index contributed by atoms with van der Waals surface area (Å²) in [7, 11) is 1.61. The van der Waals surface area contributed by atoms with Gasteiger partial charge in [0.25, 0.3) is 0 Å². The monoisotopic (exact) mass is 184 g/mol. The van der Waals surface area contributed by atoms with E-state index in [0.29, 0.717) is 13.0 Å². The molecule has 0 aliphatic rings. The van der Waals surface area contributed by atoms with Gasteiger partial charge in [0.2, 0.25) is 11.8 Å². The highest BCUT2D eigenvalue weighted by molar-refractivity contribution is 5.86. The van der Waals surface area contributed by atoms with Gasteiger partial charge in [-0.3, -0.25) is 9.59 Å². The molecule has 0 saturated heterocycles. The molecule has 4 nitrogen and oxygen atoms in total. The molecule has 13 heavy (non-hydrogen) atoms. The van der Waals surface area contributed by atoms with E-state index in [2.05, 4.69) is 17.2 Å². The Labute approximate surface area is 78.4 Å². The number of nitrogens with one attached hydrogen (secondary N) is 2. The van der Waals surface area contributed by atoms with Crippen LogP contribution >= 0.6 is 0 Å². The van der Waals surface area contributed by atoms with Crippen molar-refractivity contribution in [2.75, 3.05) is 13.6 Å². The fraction of sp³-hybridized carbons (Fsp3) is 0.556. The second-order valence-electron chi connectivity index (χ2n) is 2.63. The maximum Gasteiger partial charge on any atom is 0.243 e. The molecule has 0 aliphatic heterocycles. The van der Waals surface area contributed by atoms with Gasteiger partial charge in [-0.2, -0.15) is 0 Å². The molecule has 0 bridgehead atoms. The van der Waals surface area contributed by atoms with Crippen LogP contribution in [0.4, 0.5) is 0 Å². The maximum atomic E-state index is 10.8. The number of carbonyl (C=O) groups excluding carboxylic acids is 2. The normalized spacial score (nSPS) is 9.00. The van der Waals surface area contributed by atoms with Crippen molar-refractivity contribution >= 4 is 11.8 Å². The summed E-state index contributed by atoms with van der Waals surface area (Å²) in [5.41, 5.74) is 0. The Bertz CT molecular complexity index is 190. The molecule has 0 aliphatic carbocycles. The number of hydrogen-bond acceptors (Lipinski definition) is 2. The Kier molecular flexibility index (Phi) is 6.59. The maximum absolute atomic E-state index is 10.8. The fourth-order valence-electron chi connectivity index (χ4n) is 0.819. The van der Waals surface area contributed by atoms with Crippen molar-refractivity contribution in [3.05, 3.63) is 12.7 Å². The predicted molar refractivity (Wildman–Crippen MR) is 51.1 cm³/mol. The Morgan fingerprint density at radius 1 is 1.38 bits per heavy atom. The first-order valence-electron chi connectivity index (χ1n) is 4.31. The Balaban J connectivity index is 3.21. The van der Waals surface area contributed by atoms with Crippen molar-refractivity contribution in [1.82, 2.24) is 10.6 Å². The van der Waals surface area contributed by atoms with Crippen LogP contribution in [0.5, 0.6) is 0 Å². The van der Waals surface area contributed by atoms with Gasteiger partial charge in [-0.1, -0.05) is 6.58 Å². The van der Waals surface area contributed by atoms with Gasteiger partial charge in [0.05, 0.1) is 0 Å². The van der Waals surface area contributed by atoms with Crippen LogP contribution in [-0.4, -0.2) is 25.4 Å². The lowest BCUT2D eigenvalue weighted by Crippen LogP contribution is -2.22. The molecule has 0 atom stereocenters. The van der Waals surface area contributed by atoms with E-state index >= 15 is 0 Å². The largest absolute Gasteiger partial charge is 0.359 e. The van der Waals surface area contributed by atoms with Crippen molar-refractivity contribution in [3.63, 3.8) is 0 Å². The zero-order valence-electron chi connectivity index (χ0n) is 7.93. The summed E-state index contributed by atoms with van der Waals surface area (Å²) in [6, 6.07) is 0. The molecule has 0 saturated carbocycles. The van der Waals surface area contributed by atoms with E-state index in [1.54, 1.807) is 7.05 Å². The molecule has 2 N–H and O–H groups in total. The number of amides is 2. The minimum Gasteiger partial charge on any atom is -0.359 e. The summed E-state index contributed by atoms with van der Waals surface area (Å²) >= 11 is 0. The highest BCUT2D eigenvalue weighted by atomic mass is 16.2. The first-order chi connectivity index (χ1) is 6.20. The van der Waals surface area contributed by atoms with Crippen LogP contribution in [0.1, 0.15) is 19.3 Å². The molecular formula is C9H16N2O2. The van der Waals surface area contributed by atoms with Gasteiger partial charge in [0.1, 0.15) is 0 Å². The third-order valence-electron chi connectivity index (χ3n) is 1.59. The second kappa shape index (κ2) is 7.34. The van der Waals surface area contributed by atoms with E-state index in [-0.39, 0.29) is 11.8 Å². The van der Waals surface area contributed by atoms with Crippen LogP contribution in [0.25, 0.3) is 0 Å². The molecule has 0 aromatic carbocycles. The number of rotatable bonds is 6. The summed E-state index contributed by atoms with van der Waals surface area (Å²) in [6.45, 7) is 3.92. The van der Waals surface area contributed by atoms with Gasteiger partial charge in [0.15, 0.2) is 0 Å². The molecule has 0 heterocycles. The van der Waals surface area contributed by atoms with Gasteiger partial charge in [-0.05, 0) is 18.9 Å². The van der Waals surface area contributed by atoms with Gasteiger partial charge in [0, 0.05) is 20.0 Å². The van der Waals surface area contributed by atoms with E-state index < -0.39 is 0 Å². The average Bonchev–Trinajstić information content (AvgIpc) is 2.16. The van der Waals surface area contributed by atoms with Crippen LogP contribution in [0.15, 0.2) is 12.7 Å². The van der Waals surface area contributed by atoms with E-state index in [9.17, 15) is 9.59 Å². The second-order valence-corrected chi connectivity index (χ2v) is 2.63. The average molecular weight is 184 g/mol. The van der Waals surface area contributed by atoms with Crippen LogP contribution in [0, 0.1) is 0 Å². The first-order valence-corrected chi connectivity index (χ1v) is 4.31. The minimum absolute atomic E-state index is 0.0371. The van der Waals surface area contributed by atoms with E-state index in [1.165, 1.54) is 6.08 Å². The molecule has 4 heteroatoms. The zero-order valence-corrected chi connectivity index (χ0v) is 7.93. The Hall–Kier alpha value is -1.32. The molecule has 0 unspecified atom stereocenters. The number of unbranched alkanes of at least 4 members (excludes halogenated alkanes) is 1. The fourth-order valence-corrected chi connectivity index (χ4v) is 0.819. The summed E-state index contributed by atoms with van der Waals surface area (Å²) in [6.07, 6.45) is 3.35. The van der Waals surface area contributed by atoms with E-state index in [0.717, 1.165) is 12.8 Å². The molecule has 74 valence electrons. The van der Waals surface area contributed by atoms with Crippen molar-refractivity contribution in [3.8, 4) is 0 Å². The third kappa shape index (κ3) is 7.05. The predicted octanol–water partition coefficient (Wildman–Crippen LogP) is 0.205. The van der Waals surface area contributed by atoms with Crippen molar-refractivity contribution in [2.24, 2.45) is 0 Å². The third-order valence-corrected chi connectivity index (χ3v) is 1.59. The minimum atomic E-state index is -0.167. The smallest absolute Gasteiger partial charge is 0.243 e. The highest BCUT2D eigenvalue weighted by Crippen LogP contribution is 1.93. The first kappa shape index (κ1) is 11.7. The van der Waals surface area contributed by atoms with Gasteiger partial charge >= 0.3 is 0 Å². The summed E-state index contributed by atoms with van der Waals surface area (Å²) in [5.74, 6) is -0.130. The molecule has 0 fully saturated rings. The molecule has 0 radical (unpaired) electrons. The number of hydrogen-bond donors (Lipinski definition) is 2. The van der Waals surface area contributed by atoms with Gasteiger partial charge in [-0.25, -0.2) is 0 Å². The van der Waals surface area contributed by atoms with Crippen LogP contribution in [0.2, 0.25) is 0 Å². The Morgan fingerprint density at radius 3 is 2.62 bits per heavy atom. The zero-order chi connectivity index (χ0) is 10.1. The van der Waals surface area contributed by atoms with Crippen LogP contribution in [0.3, 0.4) is 0 Å². The lowest BCUT2D eigenvalue weighted by Gasteiger charge is -2.01. The summed E-state index contributed by atoms with van der Waals surface area (Å²) in [5, 5.41) is 5.17. The standard InChI is InChI=1S/C9H16N2O2/c1-3-8(12)11-7-5-4-6-9(13)10-2/h3H,1,4-7H2,2H3,(H,10,13)(H,11,12). The Morgan fingerprint density at radius 2 is 2.08 bits per heavy atom. The SMILES string of the molecule is C=CC(=O)NCCCCC(=O)NC. The molecule has 0 aromatic heterocycles. The highest BCUT2D eigenvalue weighted by Gasteiger charge is 1.97. The molecule has 2 amide bonds. The quantitative estimate of drug-likeness (QED) is 0.458. The van der Waals surface area contributed by atoms with E-state index in [4.69, 9.17) is 0 Å². The van der Waals surface area contributed by atoms with Crippen molar-refractivity contribution < 1.29 is 9.59 Å². The van der Waals surface area contributed by atoms with Gasteiger partial charge in [-0.15, -0.1) is 0 Å². The van der Waals surface area contributed by atoms with Crippen LogP contribution in [-0.2, 0) is 9.59 Å². The number of carbonyl (C=O) groups is 2. The van der Waals surface area contributed by atoms with Crippen molar-refractivity contribution in [1.29, 1.82) is 0 Å².